The lowest BCUT2D eigenvalue weighted by Crippen LogP contribution is -2.39. The number of rotatable bonds is 40. The fourth-order valence-electron chi connectivity index (χ4n) is 5.69. The number of allylic oxidation sites excluding steroid dienone is 3. The molecule has 0 saturated heterocycles. The van der Waals surface area contributed by atoms with Crippen LogP contribution in [0, 0.1) is 5.41 Å². The van der Waals surface area contributed by atoms with Gasteiger partial charge in [0.05, 0.1) is 22.7 Å². The number of hydrogen-bond donors (Lipinski definition) is 0. The number of ether oxygens (including phenoxy) is 3. The molecule has 57 heavy (non-hydrogen) atoms. The van der Waals surface area contributed by atoms with Crippen LogP contribution in [0.25, 0.3) is 0 Å². The van der Waals surface area contributed by atoms with Crippen LogP contribution in [-0.2, 0) is 43.0 Å². The molecule has 0 aliphatic heterocycles. The van der Waals surface area contributed by atoms with E-state index in [-0.39, 0.29) is 52.4 Å². The van der Waals surface area contributed by atoms with Crippen molar-refractivity contribution in [3.63, 3.8) is 0 Å². The van der Waals surface area contributed by atoms with Crippen molar-refractivity contribution in [1.29, 1.82) is 0 Å². The summed E-state index contributed by atoms with van der Waals surface area (Å²) in [6.07, 6.45) is 29.1. The molecule has 0 aromatic carbocycles. The maximum atomic E-state index is 12.7. The van der Waals surface area contributed by atoms with E-state index < -0.39 is 23.3 Å². The molecule has 0 heterocycles. The van der Waals surface area contributed by atoms with Crippen molar-refractivity contribution in [3.8, 4) is 0 Å². The number of esters is 3. The van der Waals surface area contributed by atoms with E-state index in [1.54, 1.807) is 0 Å². The van der Waals surface area contributed by atoms with Gasteiger partial charge in [0.1, 0.15) is 19.8 Å². The quantitative estimate of drug-likeness (QED) is 0.0252. The van der Waals surface area contributed by atoms with Crippen molar-refractivity contribution in [3.05, 3.63) is 38.0 Å². The maximum absolute atomic E-state index is 12.7. The summed E-state index contributed by atoms with van der Waals surface area (Å²) in [5.74, 6) is -2.24. The van der Waals surface area contributed by atoms with Gasteiger partial charge < -0.3 is 14.2 Å². The minimum absolute atomic E-state index is 0.0687. The molecular weight excluding hydrogens is 781 g/mol. The predicted molar refractivity (Wildman–Crippen MR) is 239 cm³/mol. The van der Waals surface area contributed by atoms with E-state index in [4.69, 9.17) is 14.2 Å². The van der Waals surface area contributed by atoms with Gasteiger partial charge >= 0.3 is 17.9 Å². The summed E-state index contributed by atoms with van der Waals surface area (Å²) in [5, 5.41) is -0.206. The Hall–Kier alpha value is -2.31. The SMILES string of the molecule is C=CCCCCCCCCC(=O)SCC(=O)OCC(CC)(COC(=O)CSC(=O)CCCCCCCCC=C)COC(=O)CSC(=O)CCCCCCCCC=C. The van der Waals surface area contributed by atoms with Crippen molar-refractivity contribution in [2.24, 2.45) is 5.41 Å². The average Bonchev–Trinajstić information content (AvgIpc) is 3.21. The first-order valence-corrected chi connectivity index (χ1v) is 24.3. The largest absolute Gasteiger partial charge is 0.464 e. The summed E-state index contributed by atoms with van der Waals surface area (Å²) in [6.45, 7) is 12.4. The monoisotopic (exact) mass is 854 g/mol. The van der Waals surface area contributed by atoms with E-state index >= 15 is 0 Å². The van der Waals surface area contributed by atoms with Crippen LogP contribution >= 0.6 is 35.3 Å². The van der Waals surface area contributed by atoms with E-state index in [1.165, 1.54) is 0 Å². The van der Waals surface area contributed by atoms with E-state index in [1.807, 2.05) is 25.2 Å². The third-order valence-electron chi connectivity index (χ3n) is 9.54. The normalized spacial score (nSPS) is 11.1. The van der Waals surface area contributed by atoms with E-state index in [2.05, 4.69) is 19.7 Å². The summed E-state index contributed by atoms with van der Waals surface area (Å²) in [5.41, 5.74) is -1.05. The molecule has 0 bridgehead atoms. The van der Waals surface area contributed by atoms with Crippen molar-refractivity contribution in [2.45, 2.75) is 167 Å². The fourth-order valence-corrected chi connectivity index (χ4v) is 7.64. The zero-order chi connectivity index (χ0) is 42.2. The van der Waals surface area contributed by atoms with Gasteiger partial charge in [-0.1, -0.05) is 137 Å². The molecule has 0 N–H and O–H groups in total. The Morgan fingerprint density at radius 1 is 0.421 bits per heavy atom. The van der Waals surface area contributed by atoms with Gasteiger partial charge in [-0.3, -0.25) is 28.8 Å². The van der Waals surface area contributed by atoms with Crippen LogP contribution < -0.4 is 0 Å². The molecule has 0 aliphatic carbocycles. The first-order chi connectivity index (χ1) is 27.6. The lowest BCUT2D eigenvalue weighted by atomic mass is 9.88. The van der Waals surface area contributed by atoms with Gasteiger partial charge in [0, 0.05) is 19.3 Å². The van der Waals surface area contributed by atoms with Gasteiger partial charge in [0.2, 0.25) is 0 Å². The number of carbonyl (C=O) groups excluding carboxylic acids is 6. The molecule has 0 atom stereocenters. The topological polar surface area (TPSA) is 130 Å². The fraction of sp³-hybridized carbons (Fsp3) is 0.733. The zero-order valence-electron chi connectivity index (χ0n) is 35.2. The molecule has 0 saturated carbocycles. The Bertz CT molecular complexity index is 1020. The highest BCUT2D eigenvalue weighted by Crippen LogP contribution is 2.26. The Kier molecular flexibility index (Phi) is 37.6. The van der Waals surface area contributed by atoms with Crippen LogP contribution in [0.15, 0.2) is 38.0 Å². The molecular formula is C45H74O9S3. The second-order valence-corrected chi connectivity index (χ2v) is 17.8. The predicted octanol–water partition coefficient (Wildman–Crippen LogP) is 11.7. The second kappa shape index (κ2) is 39.2. The van der Waals surface area contributed by atoms with Gasteiger partial charge in [0.25, 0.3) is 0 Å². The first kappa shape index (κ1) is 54.7. The van der Waals surface area contributed by atoms with Crippen molar-refractivity contribution in [2.75, 3.05) is 37.1 Å². The standard InChI is InChI=1S/C45H74O9S3/c1-5-9-12-15-18-21-24-27-30-42(49)55-33-39(46)52-36-45(8-4,37-53-40(47)34-56-43(50)31-28-25-22-19-16-13-10-6-2)38-54-41(48)35-57-44(51)32-29-26-23-20-17-14-11-7-3/h5-7H,1-3,8-38H2,4H3. The number of hydrogen-bond acceptors (Lipinski definition) is 12. The minimum Gasteiger partial charge on any atom is -0.464 e. The van der Waals surface area contributed by atoms with Gasteiger partial charge in [0.15, 0.2) is 15.3 Å². The smallest absolute Gasteiger partial charge is 0.316 e. The lowest BCUT2D eigenvalue weighted by Gasteiger charge is -2.31. The van der Waals surface area contributed by atoms with Gasteiger partial charge in [-0.2, -0.15) is 0 Å². The minimum atomic E-state index is -1.05. The zero-order valence-corrected chi connectivity index (χ0v) is 37.6. The third-order valence-corrected chi connectivity index (χ3v) is 12.3. The Morgan fingerprint density at radius 2 is 0.667 bits per heavy atom. The van der Waals surface area contributed by atoms with Crippen molar-refractivity contribution >= 4 is 68.5 Å². The molecule has 9 nitrogen and oxygen atoms in total. The van der Waals surface area contributed by atoms with Crippen LogP contribution in [0.3, 0.4) is 0 Å². The van der Waals surface area contributed by atoms with Crippen LogP contribution in [0.1, 0.15) is 167 Å². The molecule has 0 spiro atoms. The number of thioether (sulfide) groups is 3. The van der Waals surface area contributed by atoms with E-state index in [0.29, 0.717) is 25.7 Å². The molecule has 0 aromatic heterocycles. The summed E-state index contributed by atoms with van der Waals surface area (Å²) in [6, 6.07) is 0. The van der Waals surface area contributed by atoms with E-state index in [9.17, 15) is 28.8 Å². The molecule has 0 radical (unpaired) electrons. The third kappa shape index (κ3) is 35.4. The molecule has 0 amide bonds. The highest BCUT2D eigenvalue weighted by atomic mass is 32.2. The van der Waals surface area contributed by atoms with Crippen LogP contribution in [0.2, 0.25) is 0 Å². The van der Waals surface area contributed by atoms with Gasteiger partial charge in [-0.05, 0) is 64.2 Å². The Labute approximate surface area is 357 Å². The Balaban J connectivity index is 4.92. The van der Waals surface area contributed by atoms with Crippen LogP contribution in [0.5, 0.6) is 0 Å². The van der Waals surface area contributed by atoms with Gasteiger partial charge in [-0.25, -0.2) is 0 Å². The molecule has 326 valence electrons. The molecule has 0 rings (SSSR count). The van der Waals surface area contributed by atoms with Crippen molar-refractivity contribution < 1.29 is 43.0 Å². The molecule has 0 aromatic rings. The Morgan fingerprint density at radius 3 is 0.912 bits per heavy atom. The van der Waals surface area contributed by atoms with Crippen LogP contribution in [0.4, 0.5) is 0 Å². The molecule has 12 heteroatoms. The van der Waals surface area contributed by atoms with Gasteiger partial charge in [-0.15, -0.1) is 19.7 Å². The highest BCUT2D eigenvalue weighted by molar-refractivity contribution is 8.14. The second-order valence-electron chi connectivity index (χ2n) is 14.7. The summed E-state index contributed by atoms with van der Waals surface area (Å²) < 4.78 is 16.7. The summed E-state index contributed by atoms with van der Waals surface area (Å²) in [4.78, 5) is 75.3. The number of unbranched alkanes of at least 4 members (excludes halogenated alkanes) is 18. The lowest BCUT2D eigenvalue weighted by molar-refractivity contribution is -0.159. The van der Waals surface area contributed by atoms with Crippen LogP contribution in [-0.4, -0.2) is 70.3 Å². The van der Waals surface area contributed by atoms with E-state index in [0.717, 1.165) is 170 Å². The molecule has 0 unspecified atom stereocenters. The van der Waals surface area contributed by atoms with Crippen molar-refractivity contribution in [1.82, 2.24) is 0 Å². The summed E-state index contributed by atoms with van der Waals surface area (Å²) >= 11 is 2.78. The molecule has 0 aliphatic rings. The average molecular weight is 855 g/mol. The molecule has 0 fully saturated rings. The number of carbonyl (C=O) groups is 6. The first-order valence-electron chi connectivity index (χ1n) is 21.4. The highest BCUT2D eigenvalue weighted by Gasteiger charge is 2.34. The maximum Gasteiger partial charge on any atom is 0.316 e. The summed E-state index contributed by atoms with van der Waals surface area (Å²) in [7, 11) is 0.